The van der Waals surface area contributed by atoms with Crippen molar-refractivity contribution >= 4 is 57.3 Å². The highest BCUT2D eigenvalue weighted by Gasteiger charge is 2.18. The van der Waals surface area contributed by atoms with Gasteiger partial charge in [0.25, 0.3) is 5.56 Å². The van der Waals surface area contributed by atoms with E-state index in [0.29, 0.717) is 30.9 Å². The molecule has 0 aliphatic carbocycles. The number of thioether (sulfide) groups is 1. The molecule has 4 aromatic rings. The van der Waals surface area contributed by atoms with Gasteiger partial charge >= 0.3 is 0 Å². The van der Waals surface area contributed by atoms with E-state index in [1.165, 1.54) is 27.7 Å². The molecule has 4 rings (SSSR count). The predicted molar refractivity (Wildman–Crippen MR) is 132 cm³/mol. The van der Waals surface area contributed by atoms with E-state index in [9.17, 15) is 9.59 Å². The van der Waals surface area contributed by atoms with Gasteiger partial charge in [0.05, 0.1) is 24.2 Å². The van der Waals surface area contributed by atoms with Gasteiger partial charge in [0.15, 0.2) is 14.8 Å². The molecular weight excluding hydrogens is 464 g/mol. The maximum absolute atomic E-state index is 13.0. The number of hydrogen-bond donors (Lipinski definition) is 1. The Balaban J connectivity index is 1.66. The van der Waals surface area contributed by atoms with E-state index in [0.717, 1.165) is 11.3 Å². The lowest BCUT2D eigenvalue weighted by atomic mass is 10.2. The molecule has 2 aromatic heterocycles. The van der Waals surface area contributed by atoms with Gasteiger partial charge in [-0.2, -0.15) is 0 Å². The summed E-state index contributed by atoms with van der Waals surface area (Å²) in [5, 5.41) is 3.27. The number of hydrogen-bond acceptors (Lipinski definition) is 7. The van der Waals surface area contributed by atoms with Crippen LogP contribution in [0.5, 0.6) is 5.75 Å². The first-order valence-electron chi connectivity index (χ1n) is 9.65. The molecule has 0 spiro atoms. The predicted octanol–water partition coefficient (Wildman–Crippen LogP) is 4.56. The molecule has 164 valence electrons. The van der Waals surface area contributed by atoms with Gasteiger partial charge in [-0.25, -0.2) is 4.98 Å². The number of para-hydroxylation sites is 3. The molecular formula is C22H20N4O3S3. The van der Waals surface area contributed by atoms with Gasteiger partial charge in [-0.05, 0) is 42.9 Å². The fourth-order valence-electron chi connectivity index (χ4n) is 3.23. The summed E-state index contributed by atoms with van der Waals surface area (Å²) >= 11 is 7.99. The molecule has 1 amide bonds. The summed E-state index contributed by atoms with van der Waals surface area (Å²) in [4.78, 5) is 30.2. The SMILES string of the molecule is COc1ccccc1NC(=O)CSc1nc2c(sc(=S)n2-c2ccccc2C)c(=O)n1C. The van der Waals surface area contributed by atoms with Gasteiger partial charge in [-0.15, -0.1) is 0 Å². The number of thiazole rings is 1. The summed E-state index contributed by atoms with van der Waals surface area (Å²) in [6.45, 7) is 1.99. The molecule has 32 heavy (non-hydrogen) atoms. The number of amides is 1. The van der Waals surface area contributed by atoms with E-state index < -0.39 is 0 Å². The second-order valence-corrected chi connectivity index (χ2v) is 9.52. The van der Waals surface area contributed by atoms with Crippen molar-refractivity contribution < 1.29 is 9.53 Å². The maximum Gasteiger partial charge on any atom is 0.273 e. The number of rotatable bonds is 6. The molecule has 0 saturated heterocycles. The first-order chi connectivity index (χ1) is 15.4. The molecule has 2 heterocycles. The van der Waals surface area contributed by atoms with Crippen molar-refractivity contribution in [1.82, 2.24) is 14.1 Å². The number of carbonyl (C=O) groups is 1. The van der Waals surface area contributed by atoms with E-state index >= 15 is 0 Å². The lowest BCUT2D eigenvalue weighted by Gasteiger charge is -2.11. The highest BCUT2D eigenvalue weighted by molar-refractivity contribution is 7.99. The molecule has 0 fully saturated rings. The third-order valence-corrected chi connectivity index (χ3v) is 7.22. The molecule has 0 aliphatic heterocycles. The van der Waals surface area contributed by atoms with Gasteiger partial charge < -0.3 is 10.1 Å². The number of methoxy groups -OCH3 is 1. The van der Waals surface area contributed by atoms with Crippen LogP contribution in [0.4, 0.5) is 5.69 Å². The number of nitrogens with one attached hydrogen (secondary N) is 1. The zero-order valence-corrected chi connectivity index (χ0v) is 20.1. The molecule has 0 bridgehead atoms. The van der Waals surface area contributed by atoms with Gasteiger partial charge in [-0.3, -0.25) is 18.7 Å². The van der Waals surface area contributed by atoms with Crippen LogP contribution in [0.3, 0.4) is 0 Å². The Kier molecular flexibility index (Phi) is 6.45. The summed E-state index contributed by atoms with van der Waals surface area (Å²) in [6.07, 6.45) is 0. The monoisotopic (exact) mass is 484 g/mol. The molecule has 0 saturated carbocycles. The molecule has 7 nitrogen and oxygen atoms in total. The smallest absolute Gasteiger partial charge is 0.273 e. The molecule has 2 aromatic carbocycles. The largest absolute Gasteiger partial charge is 0.495 e. The Morgan fingerprint density at radius 3 is 2.69 bits per heavy atom. The minimum atomic E-state index is -0.227. The van der Waals surface area contributed by atoms with Crippen LogP contribution in [0.2, 0.25) is 0 Å². The number of anilines is 1. The lowest BCUT2D eigenvalue weighted by molar-refractivity contribution is -0.113. The molecule has 0 radical (unpaired) electrons. The van der Waals surface area contributed by atoms with E-state index in [-0.39, 0.29) is 17.2 Å². The fraction of sp³-hybridized carbons (Fsp3) is 0.182. The van der Waals surface area contributed by atoms with Crippen LogP contribution >= 0.6 is 35.3 Å². The Bertz CT molecular complexity index is 1440. The van der Waals surface area contributed by atoms with Crippen molar-refractivity contribution in [2.75, 3.05) is 18.2 Å². The third-order valence-electron chi connectivity index (χ3n) is 4.84. The molecule has 0 atom stereocenters. The highest BCUT2D eigenvalue weighted by atomic mass is 32.2. The van der Waals surface area contributed by atoms with Crippen LogP contribution in [0.1, 0.15) is 5.56 Å². The number of carbonyl (C=O) groups excluding carboxylic acids is 1. The van der Waals surface area contributed by atoms with E-state index in [1.807, 2.05) is 47.9 Å². The van der Waals surface area contributed by atoms with E-state index in [4.69, 9.17) is 21.9 Å². The van der Waals surface area contributed by atoms with Crippen molar-refractivity contribution in [3.8, 4) is 11.4 Å². The summed E-state index contributed by atoms with van der Waals surface area (Å²) in [5.41, 5.74) is 2.81. The quantitative estimate of drug-likeness (QED) is 0.246. The Hall–Kier alpha value is -2.95. The van der Waals surface area contributed by atoms with Crippen molar-refractivity contribution in [2.24, 2.45) is 7.05 Å². The van der Waals surface area contributed by atoms with Gasteiger partial charge in [0, 0.05) is 7.05 Å². The number of aromatic nitrogens is 3. The third kappa shape index (κ3) is 4.21. The zero-order chi connectivity index (χ0) is 22.8. The normalized spacial score (nSPS) is 11.0. The van der Waals surface area contributed by atoms with Crippen LogP contribution in [0, 0.1) is 10.9 Å². The second-order valence-electron chi connectivity index (χ2n) is 6.94. The number of ether oxygens (including phenoxy) is 1. The number of fused-ring (bicyclic) bond motifs is 1. The first-order valence-corrected chi connectivity index (χ1v) is 11.9. The molecule has 0 aliphatic rings. The summed E-state index contributed by atoms with van der Waals surface area (Å²) in [5.74, 6) is 0.433. The van der Waals surface area contributed by atoms with E-state index in [1.54, 1.807) is 26.3 Å². The van der Waals surface area contributed by atoms with Gasteiger partial charge in [-0.1, -0.05) is 53.4 Å². The van der Waals surface area contributed by atoms with Crippen LogP contribution < -0.4 is 15.6 Å². The second kappa shape index (κ2) is 9.27. The van der Waals surface area contributed by atoms with Gasteiger partial charge in [0.2, 0.25) is 5.91 Å². The average Bonchev–Trinajstić information content (AvgIpc) is 3.12. The standard InChI is InChI=1S/C22H20N4O3S3/c1-13-8-4-6-10-15(13)26-19-18(32-22(26)30)20(28)25(2)21(24-19)31-12-17(27)23-14-9-5-7-11-16(14)29-3/h4-11H,12H2,1-3H3,(H,23,27). The van der Waals surface area contributed by atoms with Crippen LogP contribution in [0.25, 0.3) is 16.0 Å². The zero-order valence-electron chi connectivity index (χ0n) is 17.6. The molecule has 1 N–H and O–H groups in total. The summed E-state index contributed by atoms with van der Waals surface area (Å²) in [7, 11) is 3.20. The molecule has 0 unspecified atom stereocenters. The maximum atomic E-state index is 13.0. The lowest BCUT2D eigenvalue weighted by Crippen LogP contribution is -2.21. The Morgan fingerprint density at radius 1 is 1.22 bits per heavy atom. The number of benzene rings is 2. The minimum Gasteiger partial charge on any atom is -0.495 e. The number of nitrogens with zero attached hydrogens (tertiary/aromatic N) is 3. The minimum absolute atomic E-state index is 0.0824. The van der Waals surface area contributed by atoms with Crippen molar-refractivity contribution in [1.29, 1.82) is 0 Å². The van der Waals surface area contributed by atoms with Crippen LogP contribution in [-0.4, -0.2) is 32.9 Å². The fourth-order valence-corrected chi connectivity index (χ4v) is 5.33. The number of aryl methyl sites for hydroxylation is 1. The average molecular weight is 485 g/mol. The summed E-state index contributed by atoms with van der Waals surface area (Å²) in [6, 6.07) is 15.0. The summed E-state index contributed by atoms with van der Waals surface area (Å²) < 4.78 is 9.59. The highest BCUT2D eigenvalue weighted by Crippen LogP contribution is 2.27. The Morgan fingerprint density at radius 2 is 1.94 bits per heavy atom. The Labute approximate surface area is 197 Å². The molecule has 10 heteroatoms. The van der Waals surface area contributed by atoms with Crippen molar-refractivity contribution in [3.05, 3.63) is 68.4 Å². The van der Waals surface area contributed by atoms with Gasteiger partial charge in [0.1, 0.15) is 10.4 Å². The van der Waals surface area contributed by atoms with Crippen molar-refractivity contribution in [3.63, 3.8) is 0 Å². The first kappa shape index (κ1) is 22.3. The topological polar surface area (TPSA) is 78.2 Å². The van der Waals surface area contributed by atoms with Crippen LogP contribution in [-0.2, 0) is 11.8 Å². The van der Waals surface area contributed by atoms with Crippen molar-refractivity contribution in [2.45, 2.75) is 12.1 Å². The van der Waals surface area contributed by atoms with E-state index in [2.05, 4.69) is 5.32 Å². The van der Waals surface area contributed by atoms with Crippen LogP contribution in [0.15, 0.2) is 58.5 Å².